The second kappa shape index (κ2) is 6.44. The van der Waals surface area contributed by atoms with Crippen LogP contribution >= 0.6 is 34.2 Å². The SMILES string of the molecule is CC(C)C1CN(c2ccc(Cl)cc2I)CCCN1. The predicted octanol–water partition coefficient (Wildman–Crippen LogP) is 3.77. The Morgan fingerprint density at radius 3 is 2.89 bits per heavy atom. The van der Waals surface area contributed by atoms with Gasteiger partial charge in [0.05, 0.1) is 5.69 Å². The Hall–Kier alpha value is -0.0000000000000000763. The fourth-order valence-corrected chi connectivity index (χ4v) is 3.57. The summed E-state index contributed by atoms with van der Waals surface area (Å²) >= 11 is 8.41. The smallest absolute Gasteiger partial charge is 0.0503 e. The molecule has 0 spiro atoms. The van der Waals surface area contributed by atoms with Gasteiger partial charge in [-0.15, -0.1) is 0 Å². The van der Waals surface area contributed by atoms with Crippen LogP contribution in [0.3, 0.4) is 0 Å². The summed E-state index contributed by atoms with van der Waals surface area (Å²) in [5.74, 6) is 0.663. The van der Waals surface area contributed by atoms with Crippen LogP contribution in [-0.2, 0) is 0 Å². The summed E-state index contributed by atoms with van der Waals surface area (Å²) in [5.41, 5.74) is 1.31. The first-order valence-corrected chi connectivity index (χ1v) is 7.97. The maximum Gasteiger partial charge on any atom is 0.0503 e. The van der Waals surface area contributed by atoms with Crippen LogP contribution < -0.4 is 10.2 Å². The topological polar surface area (TPSA) is 15.3 Å². The highest BCUT2D eigenvalue weighted by molar-refractivity contribution is 14.1. The molecule has 1 N–H and O–H groups in total. The molecule has 2 nitrogen and oxygen atoms in total. The van der Waals surface area contributed by atoms with Crippen molar-refractivity contribution in [3.63, 3.8) is 0 Å². The molecule has 1 aromatic rings. The van der Waals surface area contributed by atoms with Gasteiger partial charge >= 0.3 is 0 Å². The van der Waals surface area contributed by atoms with Gasteiger partial charge in [-0.3, -0.25) is 0 Å². The van der Waals surface area contributed by atoms with Gasteiger partial charge in [-0.05, 0) is 59.7 Å². The number of hydrogen-bond donors (Lipinski definition) is 1. The summed E-state index contributed by atoms with van der Waals surface area (Å²) in [6, 6.07) is 6.74. The van der Waals surface area contributed by atoms with Crippen molar-refractivity contribution in [1.82, 2.24) is 5.32 Å². The summed E-state index contributed by atoms with van der Waals surface area (Å²) in [5, 5.41) is 4.46. The highest BCUT2D eigenvalue weighted by Crippen LogP contribution is 2.27. The van der Waals surface area contributed by atoms with E-state index in [1.54, 1.807) is 0 Å². The van der Waals surface area contributed by atoms with E-state index in [4.69, 9.17) is 11.6 Å². The van der Waals surface area contributed by atoms with Crippen LogP contribution in [0.4, 0.5) is 5.69 Å². The number of nitrogens with one attached hydrogen (secondary N) is 1. The molecular formula is C14H20ClIN2. The van der Waals surface area contributed by atoms with Crippen LogP contribution in [0, 0.1) is 9.49 Å². The van der Waals surface area contributed by atoms with Gasteiger partial charge in [-0.1, -0.05) is 25.4 Å². The average Bonchev–Trinajstić information content (AvgIpc) is 2.54. The molecule has 18 heavy (non-hydrogen) atoms. The maximum atomic E-state index is 6.03. The monoisotopic (exact) mass is 378 g/mol. The van der Waals surface area contributed by atoms with E-state index in [1.807, 2.05) is 12.1 Å². The van der Waals surface area contributed by atoms with Crippen LogP contribution in [0.25, 0.3) is 0 Å². The molecule has 0 radical (unpaired) electrons. The lowest BCUT2D eigenvalue weighted by molar-refractivity contribution is 0.420. The summed E-state index contributed by atoms with van der Waals surface area (Å²) in [6.07, 6.45) is 1.20. The zero-order valence-corrected chi connectivity index (χ0v) is 13.8. The second-order valence-electron chi connectivity index (χ2n) is 5.20. The van der Waals surface area contributed by atoms with Gasteiger partial charge in [0, 0.05) is 27.7 Å². The molecule has 0 aliphatic carbocycles. The maximum absolute atomic E-state index is 6.03. The third-order valence-electron chi connectivity index (χ3n) is 3.48. The van der Waals surface area contributed by atoms with Gasteiger partial charge < -0.3 is 10.2 Å². The van der Waals surface area contributed by atoms with E-state index < -0.39 is 0 Å². The van der Waals surface area contributed by atoms with Crippen LogP contribution in [0.1, 0.15) is 20.3 Å². The highest BCUT2D eigenvalue weighted by Gasteiger charge is 2.21. The fraction of sp³-hybridized carbons (Fsp3) is 0.571. The number of halogens is 2. The molecule has 1 saturated heterocycles. The Morgan fingerprint density at radius 2 is 2.22 bits per heavy atom. The normalized spacial score (nSPS) is 21.2. The van der Waals surface area contributed by atoms with E-state index in [-0.39, 0.29) is 0 Å². The average molecular weight is 379 g/mol. The molecule has 0 bridgehead atoms. The molecule has 0 amide bonds. The Balaban J connectivity index is 2.20. The van der Waals surface area contributed by atoms with Crippen molar-refractivity contribution in [2.75, 3.05) is 24.5 Å². The van der Waals surface area contributed by atoms with Crippen LogP contribution in [0.2, 0.25) is 5.02 Å². The first kappa shape index (κ1) is 14.4. The molecule has 1 fully saturated rings. The zero-order valence-electron chi connectivity index (χ0n) is 10.9. The van der Waals surface area contributed by atoms with E-state index in [2.05, 4.69) is 52.7 Å². The van der Waals surface area contributed by atoms with Crippen LogP contribution in [0.15, 0.2) is 18.2 Å². The molecule has 4 heteroatoms. The lowest BCUT2D eigenvalue weighted by Crippen LogP contribution is -2.41. The molecule has 1 aliphatic heterocycles. The van der Waals surface area contributed by atoms with Gasteiger partial charge in [-0.25, -0.2) is 0 Å². The molecular weight excluding hydrogens is 359 g/mol. The molecule has 1 atom stereocenters. The van der Waals surface area contributed by atoms with Crippen molar-refractivity contribution in [2.24, 2.45) is 5.92 Å². The lowest BCUT2D eigenvalue weighted by atomic mass is 10.0. The molecule has 0 aromatic heterocycles. The number of anilines is 1. The van der Waals surface area contributed by atoms with E-state index in [0.717, 1.165) is 24.7 Å². The van der Waals surface area contributed by atoms with E-state index in [1.165, 1.54) is 15.7 Å². The third kappa shape index (κ3) is 3.52. The highest BCUT2D eigenvalue weighted by atomic mass is 127. The van der Waals surface area contributed by atoms with Crippen molar-refractivity contribution in [1.29, 1.82) is 0 Å². The lowest BCUT2D eigenvalue weighted by Gasteiger charge is -2.29. The summed E-state index contributed by atoms with van der Waals surface area (Å²) < 4.78 is 1.24. The molecule has 0 saturated carbocycles. The van der Waals surface area contributed by atoms with Crippen molar-refractivity contribution in [3.8, 4) is 0 Å². The minimum absolute atomic E-state index is 0.568. The quantitative estimate of drug-likeness (QED) is 0.788. The molecule has 1 aliphatic rings. The first-order valence-electron chi connectivity index (χ1n) is 6.51. The Kier molecular flexibility index (Phi) is 5.15. The Morgan fingerprint density at radius 1 is 1.44 bits per heavy atom. The predicted molar refractivity (Wildman–Crippen MR) is 87.6 cm³/mol. The van der Waals surface area contributed by atoms with Crippen molar-refractivity contribution < 1.29 is 0 Å². The minimum atomic E-state index is 0.568. The number of rotatable bonds is 2. The minimum Gasteiger partial charge on any atom is -0.369 e. The third-order valence-corrected chi connectivity index (χ3v) is 4.58. The number of nitrogens with zero attached hydrogens (tertiary/aromatic N) is 1. The van der Waals surface area contributed by atoms with Gasteiger partial charge in [0.2, 0.25) is 0 Å². The number of benzene rings is 1. The van der Waals surface area contributed by atoms with Crippen molar-refractivity contribution >= 4 is 39.9 Å². The van der Waals surface area contributed by atoms with Crippen LogP contribution in [-0.4, -0.2) is 25.7 Å². The number of hydrogen-bond acceptors (Lipinski definition) is 2. The summed E-state index contributed by atoms with van der Waals surface area (Å²) in [6.45, 7) is 7.88. The zero-order chi connectivity index (χ0) is 13.1. The molecule has 100 valence electrons. The van der Waals surface area contributed by atoms with E-state index >= 15 is 0 Å². The van der Waals surface area contributed by atoms with Gasteiger partial charge in [-0.2, -0.15) is 0 Å². The first-order chi connectivity index (χ1) is 8.58. The molecule has 2 rings (SSSR count). The van der Waals surface area contributed by atoms with Gasteiger partial charge in [0.25, 0.3) is 0 Å². The van der Waals surface area contributed by atoms with Gasteiger partial charge in [0.15, 0.2) is 0 Å². The summed E-state index contributed by atoms with van der Waals surface area (Å²) in [4.78, 5) is 2.49. The van der Waals surface area contributed by atoms with Crippen molar-refractivity contribution in [2.45, 2.75) is 26.3 Å². The van der Waals surface area contributed by atoms with Crippen LogP contribution in [0.5, 0.6) is 0 Å². The van der Waals surface area contributed by atoms with Crippen molar-refractivity contribution in [3.05, 3.63) is 26.8 Å². The Labute approximate surface area is 128 Å². The van der Waals surface area contributed by atoms with E-state index in [0.29, 0.717) is 12.0 Å². The van der Waals surface area contributed by atoms with Gasteiger partial charge in [0.1, 0.15) is 0 Å². The Bertz CT molecular complexity index is 409. The summed E-state index contributed by atoms with van der Waals surface area (Å²) in [7, 11) is 0. The second-order valence-corrected chi connectivity index (χ2v) is 6.80. The molecule has 1 unspecified atom stereocenters. The molecule has 1 aromatic carbocycles. The largest absolute Gasteiger partial charge is 0.369 e. The molecule has 1 heterocycles. The fourth-order valence-electron chi connectivity index (χ4n) is 2.35. The van der Waals surface area contributed by atoms with E-state index in [9.17, 15) is 0 Å². The standard InChI is InChI=1S/C14H20ClIN2/c1-10(2)13-9-18(7-3-6-17-13)14-5-4-11(15)8-12(14)16/h4-5,8,10,13,17H,3,6-7,9H2,1-2H3.